The van der Waals surface area contributed by atoms with Gasteiger partial charge < -0.3 is 10.2 Å². The molecular weight excluding hydrogens is 316 g/mol. The number of rotatable bonds is 12. The Balaban J connectivity index is 0.000000472. The second kappa shape index (κ2) is 16.7. The van der Waals surface area contributed by atoms with Crippen LogP contribution in [0.25, 0.3) is 6.08 Å². The number of carboxylic acid groups (broad SMARTS) is 2. The number of hydrogen-bond donors (Lipinski definition) is 2. The fraction of sp³-hybridized carbons (Fsp3) is 0.524. The molecule has 25 heavy (non-hydrogen) atoms. The van der Waals surface area contributed by atoms with Crippen LogP contribution in [0.3, 0.4) is 0 Å². The van der Waals surface area contributed by atoms with Crippen molar-refractivity contribution in [1.82, 2.24) is 0 Å². The summed E-state index contributed by atoms with van der Waals surface area (Å²) in [5, 5.41) is 16.7. The SMILES string of the molecule is CCCCCCCCCCCC(=O)O.O=C(O)C=Cc1ccccc1. The van der Waals surface area contributed by atoms with E-state index in [9.17, 15) is 9.59 Å². The van der Waals surface area contributed by atoms with E-state index < -0.39 is 11.9 Å². The summed E-state index contributed by atoms with van der Waals surface area (Å²) in [5.41, 5.74) is 0.898. The molecule has 0 aliphatic carbocycles. The van der Waals surface area contributed by atoms with Crippen LogP contribution >= 0.6 is 0 Å². The van der Waals surface area contributed by atoms with E-state index in [1.807, 2.05) is 30.3 Å². The molecule has 4 nitrogen and oxygen atoms in total. The van der Waals surface area contributed by atoms with Gasteiger partial charge in [-0.25, -0.2) is 4.79 Å². The van der Waals surface area contributed by atoms with Gasteiger partial charge >= 0.3 is 11.9 Å². The zero-order chi connectivity index (χ0) is 18.8. The maximum atomic E-state index is 10.2. The van der Waals surface area contributed by atoms with Crippen molar-refractivity contribution in [1.29, 1.82) is 0 Å². The minimum Gasteiger partial charge on any atom is -0.481 e. The standard InChI is InChI=1S/C12H24O2.C9H8O2/c1-2-3-4-5-6-7-8-9-10-11-12(13)14;10-9(11)7-6-8-4-2-1-3-5-8/h2-11H2,1H3,(H,13,14);1-7H,(H,10,11). The van der Waals surface area contributed by atoms with Gasteiger partial charge in [0.05, 0.1) is 0 Å². The summed E-state index contributed by atoms with van der Waals surface area (Å²) < 4.78 is 0. The monoisotopic (exact) mass is 348 g/mol. The van der Waals surface area contributed by atoms with E-state index in [4.69, 9.17) is 10.2 Å². The first-order valence-corrected chi connectivity index (χ1v) is 9.24. The highest BCUT2D eigenvalue weighted by atomic mass is 16.4. The molecule has 2 N–H and O–H groups in total. The minimum atomic E-state index is -0.922. The van der Waals surface area contributed by atoms with Crippen LogP contribution in [0, 0.1) is 0 Å². The van der Waals surface area contributed by atoms with Crippen LogP contribution in [-0.4, -0.2) is 22.2 Å². The second-order valence-corrected chi connectivity index (χ2v) is 6.05. The first kappa shape index (κ1) is 22.9. The Morgan fingerprint density at radius 1 is 0.840 bits per heavy atom. The first-order chi connectivity index (χ1) is 12.1. The van der Waals surface area contributed by atoms with Crippen molar-refractivity contribution in [2.24, 2.45) is 0 Å². The number of carboxylic acids is 2. The highest BCUT2D eigenvalue weighted by Gasteiger charge is 1.96. The lowest BCUT2D eigenvalue weighted by atomic mass is 10.1. The smallest absolute Gasteiger partial charge is 0.328 e. The van der Waals surface area contributed by atoms with Crippen LogP contribution in [0.1, 0.15) is 76.7 Å². The van der Waals surface area contributed by atoms with Crippen LogP contribution in [0.15, 0.2) is 36.4 Å². The van der Waals surface area contributed by atoms with Crippen molar-refractivity contribution < 1.29 is 19.8 Å². The normalized spacial score (nSPS) is 10.3. The maximum absolute atomic E-state index is 10.2. The van der Waals surface area contributed by atoms with Crippen LogP contribution in [-0.2, 0) is 9.59 Å². The van der Waals surface area contributed by atoms with E-state index in [-0.39, 0.29) is 0 Å². The Kier molecular flexibility index (Phi) is 15.3. The molecule has 1 rings (SSSR count). The van der Waals surface area contributed by atoms with Crippen molar-refractivity contribution in [3.63, 3.8) is 0 Å². The lowest BCUT2D eigenvalue weighted by Gasteiger charge is -2.00. The molecule has 0 saturated heterocycles. The van der Waals surface area contributed by atoms with E-state index in [0.29, 0.717) is 6.42 Å². The largest absolute Gasteiger partial charge is 0.481 e. The molecule has 4 heteroatoms. The van der Waals surface area contributed by atoms with Gasteiger partial charge in [-0.2, -0.15) is 0 Å². The van der Waals surface area contributed by atoms with Crippen LogP contribution in [0.5, 0.6) is 0 Å². The Morgan fingerprint density at radius 2 is 1.36 bits per heavy atom. The van der Waals surface area contributed by atoms with Crippen LogP contribution in [0.2, 0.25) is 0 Å². The third-order valence-corrected chi connectivity index (χ3v) is 3.71. The minimum absolute atomic E-state index is 0.343. The predicted octanol–water partition coefficient (Wildman–Crippen LogP) is 5.78. The topological polar surface area (TPSA) is 74.6 Å². The molecule has 0 aliphatic heterocycles. The van der Waals surface area contributed by atoms with Crippen molar-refractivity contribution in [2.75, 3.05) is 0 Å². The van der Waals surface area contributed by atoms with Gasteiger partial charge in [0.1, 0.15) is 0 Å². The molecule has 0 unspecified atom stereocenters. The van der Waals surface area contributed by atoms with Gasteiger partial charge in [-0.05, 0) is 18.1 Å². The summed E-state index contributed by atoms with van der Waals surface area (Å²) in [6, 6.07) is 9.31. The van der Waals surface area contributed by atoms with Gasteiger partial charge in [0.2, 0.25) is 0 Å². The van der Waals surface area contributed by atoms with Gasteiger partial charge in [-0.3, -0.25) is 4.79 Å². The van der Waals surface area contributed by atoms with E-state index in [2.05, 4.69) is 6.92 Å². The molecule has 0 heterocycles. The summed E-state index contributed by atoms with van der Waals surface area (Å²) in [6.45, 7) is 2.23. The summed E-state index contributed by atoms with van der Waals surface area (Å²) in [5.74, 6) is -1.58. The van der Waals surface area contributed by atoms with Gasteiger partial charge in [0.25, 0.3) is 0 Å². The average molecular weight is 348 g/mol. The first-order valence-electron chi connectivity index (χ1n) is 9.24. The molecule has 0 atom stereocenters. The second-order valence-electron chi connectivity index (χ2n) is 6.05. The Hall–Kier alpha value is -2.10. The fourth-order valence-electron chi connectivity index (χ4n) is 2.32. The molecule has 0 bridgehead atoms. The summed E-state index contributed by atoms with van der Waals surface area (Å²) in [6.07, 6.45) is 14.2. The van der Waals surface area contributed by atoms with E-state index in [1.165, 1.54) is 44.9 Å². The fourth-order valence-corrected chi connectivity index (χ4v) is 2.32. The Labute approximate surface area is 151 Å². The van der Waals surface area contributed by atoms with Crippen LogP contribution < -0.4 is 0 Å². The van der Waals surface area contributed by atoms with Gasteiger partial charge in [-0.15, -0.1) is 0 Å². The molecule has 140 valence electrons. The van der Waals surface area contributed by atoms with Gasteiger partial charge in [0, 0.05) is 12.5 Å². The molecular formula is C21H32O4. The number of aliphatic carboxylic acids is 2. The third kappa shape index (κ3) is 18.1. The summed E-state index contributed by atoms with van der Waals surface area (Å²) >= 11 is 0. The molecule has 0 fully saturated rings. The summed E-state index contributed by atoms with van der Waals surface area (Å²) in [4.78, 5) is 20.3. The Morgan fingerprint density at radius 3 is 1.84 bits per heavy atom. The van der Waals surface area contributed by atoms with E-state index in [0.717, 1.165) is 24.5 Å². The molecule has 0 aromatic heterocycles. The number of benzene rings is 1. The van der Waals surface area contributed by atoms with Gasteiger partial charge in [-0.1, -0.05) is 88.6 Å². The quantitative estimate of drug-likeness (QED) is 0.371. The molecule has 0 radical (unpaired) electrons. The van der Waals surface area contributed by atoms with Crippen molar-refractivity contribution in [3.05, 3.63) is 42.0 Å². The zero-order valence-electron chi connectivity index (χ0n) is 15.3. The molecule has 0 aliphatic rings. The number of unbranched alkanes of at least 4 members (excludes halogenated alkanes) is 8. The molecule has 1 aromatic rings. The number of hydrogen-bond acceptors (Lipinski definition) is 2. The van der Waals surface area contributed by atoms with E-state index >= 15 is 0 Å². The Bertz CT molecular complexity index is 480. The predicted molar refractivity (Wildman–Crippen MR) is 103 cm³/mol. The number of carbonyl (C=O) groups is 2. The summed E-state index contributed by atoms with van der Waals surface area (Å²) in [7, 11) is 0. The third-order valence-electron chi connectivity index (χ3n) is 3.71. The molecule has 0 amide bonds. The molecule has 1 aromatic carbocycles. The lowest BCUT2D eigenvalue weighted by molar-refractivity contribution is -0.137. The van der Waals surface area contributed by atoms with Crippen molar-refractivity contribution >= 4 is 18.0 Å². The van der Waals surface area contributed by atoms with Gasteiger partial charge in [0.15, 0.2) is 0 Å². The molecule has 0 saturated carbocycles. The van der Waals surface area contributed by atoms with E-state index in [1.54, 1.807) is 6.08 Å². The van der Waals surface area contributed by atoms with Crippen molar-refractivity contribution in [3.8, 4) is 0 Å². The maximum Gasteiger partial charge on any atom is 0.328 e. The van der Waals surface area contributed by atoms with Crippen LogP contribution in [0.4, 0.5) is 0 Å². The molecule has 0 spiro atoms. The zero-order valence-corrected chi connectivity index (χ0v) is 15.3. The average Bonchev–Trinajstić information content (AvgIpc) is 2.60. The lowest BCUT2D eigenvalue weighted by Crippen LogP contribution is -1.93. The highest BCUT2D eigenvalue weighted by molar-refractivity contribution is 5.85. The van der Waals surface area contributed by atoms with Crippen molar-refractivity contribution in [2.45, 2.75) is 71.1 Å². The highest BCUT2D eigenvalue weighted by Crippen LogP contribution is 2.10.